The van der Waals surface area contributed by atoms with Crippen LogP contribution in [0.25, 0.3) is 0 Å². The molecule has 1 aromatic carbocycles. The molecule has 2 bridgehead atoms. The summed E-state index contributed by atoms with van der Waals surface area (Å²) in [7, 11) is 1.73. The van der Waals surface area contributed by atoms with Crippen LogP contribution in [0.4, 0.5) is 11.4 Å². The van der Waals surface area contributed by atoms with Gasteiger partial charge in [-0.05, 0) is 61.3 Å². The summed E-state index contributed by atoms with van der Waals surface area (Å²) in [6.07, 6.45) is 5.74. The molecule has 0 radical (unpaired) electrons. The predicted molar refractivity (Wildman–Crippen MR) is 109 cm³/mol. The van der Waals surface area contributed by atoms with Gasteiger partial charge in [0.05, 0.1) is 19.8 Å². The number of nitrogens with zero attached hydrogens (tertiary/aromatic N) is 2. The van der Waals surface area contributed by atoms with E-state index in [0.29, 0.717) is 12.3 Å². The van der Waals surface area contributed by atoms with E-state index in [1.807, 2.05) is 24.3 Å². The Morgan fingerprint density at radius 2 is 1.89 bits per heavy atom. The fourth-order valence-corrected chi connectivity index (χ4v) is 5.09. The van der Waals surface area contributed by atoms with Crippen molar-refractivity contribution in [1.82, 2.24) is 4.90 Å². The number of rotatable bonds is 6. The van der Waals surface area contributed by atoms with E-state index in [-0.39, 0.29) is 18.4 Å². The third-order valence-electron chi connectivity index (χ3n) is 6.66. The van der Waals surface area contributed by atoms with Crippen molar-refractivity contribution >= 4 is 23.2 Å². The summed E-state index contributed by atoms with van der Waals surface area (Å²) in [6, 6.07) is 7.87. The zero-order chi connectivity index (χ0) is 19.5. The molecular weight excluding hydrogens is 354 g/mol. The van der Waals surface area contributed by atoms with E-state index in [9.17, 15) is 9.59 Å². The van der Waals surface area contributed by atoms with Gasteiger partial charge in [0.25, 0.3) is 0 Å². The molecular formula is C22H31N3O3. The van der Waals surface area contributed by atoms with Crippen LogP contribution in [0.3, 0.4) is 0 Å². The monoisotopic (exact) mass is 385 g/mol. The smallest absolute Gasteiger partial charge is 0.243 e. The molecule has 6 nitrogen and oxygen atoms in total. The molecule has 1 aromatic rings. The van der Waals surface area contributed by atoms with Crippen LogP contribution in [0.1, 0.15) is 32.1 Å². The average molecular weight is 386 g/mol. The quantitative estimate of drug-likeness (QED) is 0.818. The minimum atomic E-state index is -0.150. The van der Waals surface area contributed by atoms with Gasteiger partial charge in [-0.3, -0.25) is 9.59 Å². The zero-order valence-corrected chi connectivity index (χ0v) is 16.7. The summed E-state index contributed by atoms with van der Waals surface area (Å²) in [6.45, 7) is 3.38. The molecule has 3 fully saturated rings. The van der Waals surface area contributed by atoms with Gasteiger partial charge in [-0.2, -0.15) is 0 Å². The number of carbonyl (C=O) groups is 2. The molecule has 3 aliphatic rings. The summed E-state index contributed by atoms with van der Waals surface area (Å²) >= 11 is 0. The maximum Gasteiger partial charge on any atom is 0.243 e. The molecule has 1 saturated heterocycles. The van der Waals surface area contributed by atoms with Crippen molar-refractivity contribution in [1.29, 1.82) is 0 Å². The molecule has 1 aliphatic heterocycles. The zero-order valence-electron chi connectivity index (χ0n) is 16.7. The average Bonchev–Trinajstić information content (AvgIpc) is 3.32. The Balaban J connectivity index is 1.23. The molecule has 152 valence electrons. The number of morpholine rings is 1. The number of amides is 2. The van der Waals surface area contributed by atoms with Crippen LogP contribution in [-0.4, -0.2) is 56.6 Å². The van der Waals surface area contributed by atoms with Crippen molar-refractivity contribution in [2.24, 2.45) is 17.8 Å². The Morgan fingerprint density at radius 3 is 2.54 bits per heavy atom. The van der Waals surface area contributed by atoms with Crippen molar-refractivity contribution in [3.8, 4) is 0 Å². The molecule has 0 aromatic heterocycles. The maximum atomic E-state index is 12.5. The van der Waals surface area contributed by atoms with Gasteiger partial charge in [0.15, 0.2) is 0 Å². The summed E-state index contributed by atoms with van der Waals surface area (Å²) in [5.74, 6) is 2.06. The molecule has 2 saturated carbocycles. The number of ether oxygens (including phenoxy) is 1. The Kier molecular flexibility index (Phi) is 5.85. The minimum Gasteiger partial charge on any atom is -0.378 e. The molecule has 1 heterocycles. The minimum absolute atomic E-state index is 0.0929. The molecule has 2 aliphatic carbocycles. The van der Waals surface area contributed by atoms with Gasteiger partial charge < -0.3 is 19.9 Å². The second-order valence-corrected chi connectivity index (χ2v) is 8.58. The highest BCUT2D eigenvalue weighted by Gasteiger charge is 2.40. The normalized spacial score (nSPS) is 26.3. The van der Waals surface area contributed by atoms with E-state index in [1.165, 1.54) is 25.7 Å². The largest absolute Gasteiger partial charge is 0.378 e. The van der Waals surface area contributed by atoms with Crippen LogP contribution < -0.4 is 10.2 Å². The third kappa shape index (κ3) is 4.49. The van der Waals surface area contributed by atoms with Gasteiger partial charge in [0.2, 0.25) is 11.8 Å². The number of carbonyl (C=O) groups excluding carboxylic acids is 2. The van der Waals surface area contributed by atoms with E-state index < -0.39 is 0 Å². The Hall–Kier alpha value is -2.08. The standard InChI is InChI=1S/C22H31N3O3/c1-24(22(27)14-18-13-16-2-3-17(18)12-16)15-21(26)23-19-4-6-20(7-5-19)25-8-10-28-11-9-25/h4-7,16-18H,2-3,8-15H2,1H3,(H,23,26). The van der Waals surface area contributed by atoms with Gasteiger partial charge in [0.1, 0.15) is 0 Å². The lowest BCUT2D eigenvalue weighted by molar-refractivity contribution is -0.134. The molecule has 28 heavy (non-hydrogen) atoms. The van der Waals surface area contributed by atoms with Crippen molar-refractivity contribution < 1.29 is 14.3 Å². The van der Waals surface area contributed by atoms with Crippen molar-refractivity contribution in [3.05, 3.63) is 24.3 Å². The van der Waals surface area contributed by atoms with E-state index >= 15 is 0 Å². The molecule has 1 N–H and O–H groups in total. The third-order valence-corrected chi connectivity index (χ3v) is 6.66. The maximum absolute atomic E-state index is 12.5. The predicted octanol–water partition coefficient (Wildman–Crippen LogP) is 2.75. The number of benzene rings is 1. The second kappa shape index (κ2) is 8.52. The molecule has 6 heteroatoms. The topological polar surface area (TPSA) is 61.9 Å². The number of anilines is 2. The van der Waals surface area contributed by atoms with Crippen LogP contribution in [0.15, 0.2) is 24.3 Å². The lowest BCUT2D eigenvalue weighted by Gasteiger charge is -2.29. The number of likely N-dealkylation sites (N-methyl/N-ethyl adjacent to an activating group) is 1. The molecule has 2 amide bonds. The summed E-state index contributed by atoms with van der Waals surface area (Å²) in [5, 5.41) is 2.90. The Labute approximate surface area is 167 Å². The number of fused-ring (bicyclic) bond motifs is 2. The van der Waals surface area contributed by atoms with Crippen LogP contribution in [0.5, 0.6) is 0 Å². The highest BCUT2D eigenvalue weighted by Crippen LogP contribution is 2.49. The van der Waals surface area contributed by atoms with Crippen molar-refractivity contribution in [2.75, 3.05) is 50.1 Å². The number of hydrogen-bond donors (Lipinski definition) is 1. The van der Waals surface area contributed by atoms with Crippen molar-refractivity contribution in [3.63, 3.8) is 0 Å². The molecule has 0 spiro atoms. The van der Waals surface area contributed by atoms with Gasteiger partial charge in [-0.1, -0.05) is 6.42 Å². The summed E-state index contributed by atoms with van der Waals surface area (Å²) in [5.41, 5.74) is 1.90. The molecule has 3 unspecified atom stereocenters. The molecule has 3 atom stereocenters. The number of nitrogens with one attached hydrogen (secondary N) is 1. The lowest BCUT2D eigenvalue weighted by atomic mass is 9.86. The Bertz CT molecular complexity index is 699. The highest BCUT2D eigenvalue weighted by molar-refractivity contribution is 5.94. The fraction of sp³-hybridized carbons (Fsp3) is 0.636. The SMILES string of the molecule is CN(CC(=O)Nc1ccc(N2CCOCC2)cc1)C(=O)CC1CC2CCC1C2. The van der Waals surface area contributed by atoms with E-state index in [2.05, 4.69) is 10.2 Å². The first-order chi connectivity index (χ1) is 13.6. The first-order valence-electron chi connectivity index (χ1n) is 10.5. The first kappa shape index (κ1) is 19.2. The van der Waals surface area contributed by atoms with E-state index in [0.717, 1.165) is 49.5 Å². The van der Waals surface area contributed by atoms with E-state index in [4.69, 9.17) is 4.74 Å². The van der Waals surface area contributed by atoms with E-state index in [1.54, 1.807) is 11.9 Å². The first-order valence-corrected chi connectivity index (χ1v) is 10.5. The van der Waals surface area contributed by atoms with Crippen LogP contribution in [-0.2, 0) is 14.3 Å². The van der Waals surface area contributed by atoms with Crippen LogP contribution in [0, 0.1) is 17.8 Å². The Morgan fingerprint density at radius 1 is 1.14 bits per heavy atom. The highest BCUT2D eigenvalue weighted by atomic mass is 16.5. The van der Waals surface area contributed by atoms with Gasteiger partial charge in [-0.25, -0.2) is 0 Å². The van der Waals surface area contributed by atoms with Crippen LogP contribution in [0.2, 0.25) is 0 Å². The fourth-order valence-electron chi connectivity index (χ4n) is 5.09. The lowest BCUT2D eigenvalue weighted by Crippen LogP contribution is -2.36. The summed E-state index contributed by atoms with van der Waals surface area (Å²) < 4.78 is 5.38. The molecule has 4 rings (SSSR count). The van der Waals surface area contributed by atoms with Crippen LogP contribution >= 0.6 is 0 Å². The van der Waals surface area contributed by atoms with Gasteiger partial charge in [-0.15, -0.1) is 0 Å². The van der Waals surface area contributed by atoms with Gasteiger partial charge >= 0.3 is 0 Å². The van der Waals surface area contributed by atoms with Crippen molar-refractivity contribution in [2.45, 2.75) is 32.1 Å². The number of hydrogen-bond acceptors (Lipinski definition) is 4. The van der Waals surface area contributed by atoms with Gasteiger partial charge in [0, 0.05) is 37.9 Å². The summed E-state index contributed by atoms with van der Waals surface area (Å²) in [4.78, 5) is 28.7. The second-order valence-electron chi connectivity index (χ2n) is 8.58.